The molecule has 0 aromatic carbocycles. The third kappa shape index (κ3) is 1.11. The lowest BCUT2D eigenvalue weighted by molar-refractivity contribution is 0.0634. The number of hydrogen-bond acceptors (Lipinski definition) is 1. The van der Waals surface area contributed by atoms with Crippen LogP contribution in [0, 0.1) is 5.41 Å². The van der Waals surface area contributed by atoms with Crippen molar-refractivity contribution in [2.45, 2.75) is 45.6 Å². The zero-order valence-electron chi connectivity index (χ0n) is 6.35. The van der Waals surface area contributed by atoms with E-state index in [1.807, 2.05) is 0 Å². The van der Waals surface area contributed by atoms with Gasteiger partial charge >= 0.3 is 0 Å². The molecule has 0 heterocycles. The third-order valence-corrected chi connectivity index (χ3v) is 2.84. The Morgan fingerprint density at radius 1 is 1.67 bits per heavy atom. The van der Waals surface area contributed by atoms with Crippen molar-refractivity contribution in [2.75, 3.05) is 0 Å². The van der Waals surface area contributed by atoms with Gasteiger partial charge < -0.3 is 5.11 Å². The van der Waals surface area contributed by atoms with Crippen molar-refractivity contribution >= 4 is 0 Å². The standard InChI is InChI=1S/C8H16O/c1-3-8(2)6-4-5-7(8)9/h7,9H,3-6H2,1-2H3/t7?,8-/m0/s1. The first-order valence-electron chi connectivity index (χ1n) is 3.87. The summed E-state index contributed by atoms with van der Waals surface area (Å²) in [6, 6.07) is 0. The minimum absolute atomic E-state index is 0.0255. The van der Waals surface area contributed by atoms with Crippen LogP contribution in [0.1, 0.15) is 39.5 Å². The number of rotatable bonds is 1. The molecular formula is C8H16O. The molecule has 2 atom stereocenters. The van der Waals surface area contributed by atoms with E-state index in [0.29, 0.717) is 0 Å². The molecule has 1 nitrogen and oxygen atoms in total. The van der Waals surface area contributed by atoms with Gasteiger partial charge in [-0.3, -0.25) is 0 Å². The van der Waals surface area contributed by atoms with Gasteiger partial charge in [-0.05, 0) is 24.7 Å². The highest BCUT2D eigenvalue weighted by Gasteiger charge is 2.35. The van der Waals surface area contributed by atoms with Crippen LogP contribution in [0.5, 0.6) is 0 Å². The summed E-state index contributed by atoms with van der Waals surface area (Å²) < 4.78 is 0. The molecule has 54 valence electrons. The van der Waals surface area contributed by atoms with Gasteiger partial charge in [-0.1, -0.05) is 20.3 Å². The van der Waals surface area contributed by atoms with Crippen LogP contribution in [0.15, 0.2) is 0 Å². The molecule has 1 saturated carbocycles. The predicted octanol–water partition coefficient (Wildman–Crippen LogP) is 1.95. The summed E-state index contributed by atoms with van der Waals surface area (Å²) in [7, 11) is 0. The lowest BCUT2D eigenvalue weighted by Gasteiger charge is -2.25. The van der Waals surface area contributed by atoms with Crippen LogP contribution in [-0.2, 0) is 0 Å². The van der Waals surface area contributed by atoms with Gasteiger partial charge in [0.1, 0.15) is 0 Å². The van der Waals surface area contributed by atoms with Gasteiger partial charge in [0, 0.05) is 0 Å². The van der Waals surface area contributed by atoms with E-state index in [1.165, 1.54) is 12.8 Å². The van der Waals surface area contributed by atoms with Crippen molar-refractivity contribution in [3.05, 3.63) is 0 Å². The minimum Gasteiger partial charge on any atom is -0.393 e. The van der Waals surface area contributed by atoms with E-state index in [2.05, 4.69) is 13.8 Å². The van der Waals surface area contributed by atoms with Crippen LogP contribution < -0.4 is 0 Å². The highest BCUT2D eigenvalue weighted by atomic mass is 16.3. The SMILES string of the molecule is CC[C@@]1(C)CCCC1O. The molecular weight excluding hydrogens is 112 g/mol. The highest BCUT2D eigenvalue weighted by molar-refractivity contribution is 4.86. The molecule has 1 aliphatic rings. The van der Waals surface area contributed by atoms with Crippen molar-refractivity contribution in [3.8, 4) is 0 Å². The predicted molar refractivity (Wildman–Crippen MR) is 38.3 cm³/mol. The molecule has 1 N–H and O–H groups in total. The zero-order valence-corrected chi connectivity index (χ0v) is 6.35. The van der Waals surface area contributed by atoms with Crippen molar-refractivity contribution in [2.24, 2.45) is 5.41 Å². The molecule has 9 heavy (non-hydrogen) atoms. The highest BCUT2D eigenvalue weighted by Crippen LogP contribution is 2.40. The molecule has 1 rings (SSSR count). The summed E-state index contributed by atoms with van der Waals surface area (Å²) in [6.45, 7) is 4.35. The minimum atomic E-state index is -0.0255. The molecule has 0 aromatic rings. The molecule has 0 aromatic heterocycles. The first-order chi connectivity index (χ1) is 4.19. The monoisotopic (exact) mass is 128 g/mol. The van der Waals surface area contributed by atoms with E-state index in [9.17, 15) is 5.11 Å². The molecule has 1 fully saturated rings. The first kappa shape index (κ1) is 7.07. The second kappa shape index (κ2) is 2.30. The van der Waals surface area contributed by atoms with Crippen LogP contribution in [0.3, 0.4) is 0 Å². The Labute approximate surface area is 57.1 Å². The lowest BCUT2D eigenvalue weighted by Crippen LogP contribution is -2.24. The van der Waals surface area contributed by atoms with E-state index in [1.54, 1.807) is 0 Å². The molecule has 1 unspecified atom stereocenters. The molecule has 0 bridgehead atoms. The summed E-state index contributed by atoms with van der Waals surface area (Å²) in [5.74, 6) is 0. The summed E-state index contributed by atoms with van der Waals surface area (Å²) in [5.41, 5.74) is 0.250. The number of hydrogen-bond donors (Lipinski definition) is 1. The Hall–Kier alpha value is -0.0400. The zero-order chi connectivity index (χ0) is 6.91. The Kier molecular flexibility index (Phi) is 1.80. The van der Waals surface area contributed by atoms with E-state index in [-0.39, 0.29) is 11.5 Å². The van der Waals surface area contributed by atoms with Crippen LogP contribution in [0.2, 0.25) is 0 Å². The van der Waals surface area contributed by atoms with Gasteiger partial charge in [0.05, 0.1) is 6.10 Å². The van der Waals surface area contributed by atoms with Gasteiger partial charge in [-0.15, -0.1) is 0 Å². The third-order valence-electron chi connectivity index (χ3n) is 2.84. The number of aliphatic hydroxyl groups excluding tert-OH is 1. The fourth-order valence-electron chi connectivity index (χ4n) is 1.63. The van der Waals surface area contributed by atoms with E-state index >= 15 is 0 Å². The first-order valence-corrected chi connectivity index (χ1v) is 3.87. The molecule has 0 spiro atoms. The average molecular weight is 128 g/mol. The van der Waals surface area contributed by atoms with E-state index < -0.39 is 0 Å². The second-order valence-electron chi connectivity index (χ2n) is 3.42. The van der Waals surface area contributed by atoms with Crippen LogP contribution >= 0.6 is 0 Å². The number of aliphatic hydroxyl groups is 1. The van der Waals surface area contributed by atoms with Gasteiger partial charge in [0.25, 0.3) is 0 Å². The normalized spacial score (nSPS) is 43.7. The molecule has 1 aliphatic carbocycles. The Balaban J connectivity index is 2.56. The van der Waals surface area contributed by atoms with Crippen LogP contribution in [0.25, 0.3) is 0 Å². The molecule has 0 aliphatic heterocycles. The van der Waals surface area contributed by atoms with E-state index in [0.717, 1.165) is 12.8 Å². The molecule has 1 heteroatoms. The molecule has 0 radical (unpaired) electrons. The van der Waals surface area contributed by atoms with Gasteiger partial charge in [0.15, 0.2) is 0 Å². The summed E-state index contributed by atoms with van der Waals surface area (Å²) >= 11 is 0. The quantitative estimate of drug-likeness (QED) is 0.572. The topological polar surface area (TPSA) is 20.2 Å². The van der Waals surface area contributed by atoms with E-state index in [4.69, 9.17) is 0 Å². The molecule has 0 saturated heterocycles. The largest absolute Gasteiger partial charge is 0.393 e. The lowest BCUT2D eigenvalue weighted by atomic mass is 9.84. The van der Waals surface area contributed by atoms with Gasteiger partial charge in [-0.2, -0.15) is 0 Å². The fourth-order valence-corrected chi connectivity index (χ4v) is 1.63. The fraction of sp³-hybridized carbons (Fsp3) is 1.00. The second-order valence-corrected chi connectivity index (χ2v) is 3.42. The van der Waals surface area contributed by atoms with Crippen LogP contribution in [-0.4, -0.2) is 11.2 Å². The van der Waals surface area contributed by atoms with Crippen molar-refractivity contribution in [3.63, 3.8) is 0 Å². The van der Waals surface area contributed by atoms with Gasteiger partial charge in [0.2, 0.25) is 0 Å². The summed E-state index contributed by atoms with van der Waals surface area (Å²) in [6.07, 6.45) is 4.54. The molecule has 0 amide bonds. The Bertz CT molecular complexity index is 101. The summed E-state index contributed by atoms with van der Waals surface area (Å²) in [5, 5.41) is 9.45. The van der Waals surface area contributed by atoms with Crippen LogP contribution in [0.4, 0.5) is 0 Å². The average Bonchev–Trinajstić information content (AvgIpc) is 2.15. The Morgan fingerprint density at radius 3 is 2.56 bits per heavy atom. The van der Waals surface area contributed by atoms with Crippen molar-refractivity contribution in [1.82, 2.24) is 0 Å². The summed E-state index contributed by atoms with van der Waals surface area (Å²) in [4.78, 5) is 0. The van der Waals surface area contributed by atoms with Crippen molar-refractivity contribution < 1.29 is 5.11 Å². The smallest absolute Gasteiger partial charge is 0.0593 e. The van der Waals surface area contributed by atoms with Gasteiger partial charge in [-0.25, -0.2) is 0 Å². The Morgan fingerprint density at radius 2 is 2.33 bits per heavy atom. The van der Waals surface area contributed by atoms with Crippen molar-refractivity contribution in [1.29, 1.82) is 0 Å². The maximum absolute atomic E-state index is 9.45. The maximum atomic E-state index is 9.45. The maximum Gasteiger partial charge on any atom is 0.0593 e.